The SMILES string of the molecule is CNC(=O)[C@H](C)N(Cc1ccc(Br)cc1)C(=O)CCCN(c1ccc(Cl)cc1)S(C)(=O)=O. The van der Waals surface area contributed by atoms with Crippen LogP contribution in [0.3, 0.4) is 0 Å². The Balaban J connectivity index is 2.12. The number of hydrogen-bond acceptors (Lipinski definition) is 4. The molecule has 0 unspecified atom stereocenters. The number of benzene rings is 2. The second-order valence-electron chi connectivity index (χ2n) is 7.35. The number of sulfonamides is 1. The van der Waals surface area contributed by atoms with Crippen LogP contribution in [0.2, 0.25) is 5.02 Å². The third kappa shape index (κ3) is 7.50. The predicted octanol–water partition coefficient (Wildman–Crippen LogP) is 3.81. The summed E-state index contributed by atoms with van der Waals surface area (Å²) in [5, 5.41) is 3.08. The molecule has 0 aliphatic carbocycles. The van der Waals surface area contributed by atoms with Gasteiger partial charge < -0.3 is 10.2 Å². The van der Waals surface area contributed by atoms with Crippen molar-refractivity contribution in [2.75, 3.05) is 24.2 Å². The number of rotatable bonds is 10. The minimum Gasteiger partial charge on any atom is -0.357 e. The molecule has 0 heterocycles. The lowest BCUT2D eigenvalue weighted by Gasteiger charge is -2.29. The highest BCUT2D eigenvalue weighted by Crippen LogP contribution is 2.21. The van der Waals surface area contributed by atoms with Gasteiger partial charge in [-0.3, -0.25) is 13.9 Å². The highest BCUT2D eigenvalue weighted by atomic mass is 79.9. The van der Waals surface area contributed by atoms with E-state index >= 15 is 0 Å². The molecule has 1 atom stereocenters. The number of nitrogens with one attached hydrogen (secondary N) is 1. The lowest BCUT2D eigenvalue weighted by Crippen LogP contribution is -2.46. The number of carbonyl (C=O) groups excluding carboxylic acids is 2. The molecule has 0 bridgehead atoms. The first kappa shape index (κ1) is 26.2. The monoisotopic (exact) mass is 543 g/mol. The van der Waals surface area contributed by atoms with E-state index in [0.717, 1.165) is 16.3 Å². The zero-order chi connectivity index (χ0) is 23.9. The predicted molar refractivity (Wildman–Crippen MR) is 131 cm³/mol. The highest BCUT2D eigenvalue weighted by Gasteiger charge is 2.26. The Morgan fingerprint density at radius 1 is 1.09 bits per heavy atom. The van der Waals surface area contributed by atoms with Gasteiger partial charge in [0.1, 0.15) is 6.04 Å². The molecular formula is C22H27BrClN3O4S. The molecule has 2 aromatic carbocycles. The molecule has 0 saturated heterocycles. The Morgan fingerprint density at radius 2 is 1.69 bits per heavy atom. The number of amides is 2. The van der Waals surface area contributed by atoms with Crippen LogP contribution in [0, 0.1) is 0 Å². The summed E-state index contributed by atoms with van der Waals surface area (Å²) in [6.07, 6.45) is 1.51. The van der Waals surface area contributed by atoms with Crippen molar-refractivity contribution in [3.05, 3.63) is 63.6 Å². The summed E-state index contributed by atoms with van der Waals surface area (Å²) in [5.74, 6) is -0.497. The van der Waals surface area contributed by atoms with Gasteiger partial charge >= 0.3 is 0 Å². The fourth-order valence-corrected chi connectivity index (χ4v) is 4.55. The number of halogens is 2. The van der Waals surface area contributed by atoms with Crippen molar-refractivity contribution in [2.45, 2.75) is 32.4 Å². The van der Waals surface area contributed by atoms with Gasteiger partial charge in [0.15, 0.2) is 0 Å². The maximum absolute atomic E-state index is 13.0. The van der Waals surface area contributed by atoms with Crippen LogP contribution < -0.4 is 9.62 Å². The number of anilines is 1. The van der Waals surface area contributed by atoms with E-state index < -0.39 is 16.1 Å². The lowest BCUT2D eigenvalue weighted by atomic mass is 10.1. The quantitative estimate of drug-likeness (QED) is 0.493. The van der Waals surface area contributed by atoms with Gasteiger partial charge in [0.25, 0.3) is 0 Å². The van der Waals surface area contributed by atoms with E-state index in [-0.39, 0.29) is 31.3 Å². The van der Waals surface area contributed by atoms with Crippen molar-refractivity contribution in [3.8, 4) is 0 Å². The first-order valence-electron chi connectivity index (χ1n) is 10.0. The van der Waals surface area contributed by atoms with Gasteiger partial charge in [-0.05, 0) is 55.3 Å². The molecule has 0 radical (unpaired) electrons. The molecule has 10 heteroatoms. The minimum absolute atomic E-state index is 0.0947. The zero-order valence-corrected chi connectivity index (χ0v) is 21.4. The van der Waals surface area contributed by atoms with Gasteiger partial charge in [0.05, 0.1) is 11.9 Å². The van der Waals surface area contributed by atoms with Gasteiger partial charge in [-0.15, -0.1) is 0 Å². The molecule has 2 rings (SSSR count). The minimum atomic E-state index is -3.54. The second-order valence-corrected chi connectivity index (χ2v) is 10.6. The van der Waals surface area contributed by atoms with Crippen LogP contribution in [-0.2, 0) is 26.2 Å². The highest BCUT2D eigenvalue weighted by molar-refractivity contribution is 9.10. The van der Waals surface area contributed by atoms with Crippen molar-refractivity contribution >= 4 is 55.1 Å². The first-order chi connectivity index (χ1) is 15.0. The molecule has 174 valence electrons. The van der Waals surface area contributed by atoms with E-state index in [1.807, 2.05) is 24.3 Å². The molecule has 0 fully saturated rings. The van der Waals surface area contributed by atoms with Gasteiger partial charge in [-0.25, -0.2) is 8.42 Å². The molecule has 0 spiro atoms. The van der Waals surface area contributed by atoms with Crippen LogP contribution in [0.1, 0.15) is 25.3 Å². The first-order valence-corrected chi connectivity index (χ1v) is 13.0. The Morgan fingerprint density at radius 3 is 2.22 bits per heavy atom. The zero-order valence-electron chi connectivity index (χ0n) is 18.2. The average molecular weight is 545 g/mol. The molecular weight excluding hydrogens is 518 g/mol. The molecule has 32 heavy (non-hydrogen) atoms. The summed E-state index contributed by atoms with van der Waals surface area (Å²) in [5.41, 5.74) is 1.37. The van der Waals surface area contributed by atoms with E-state index in [9.17, 15) is 18.0 Å². The van der Waals surface area contributed by atoms with Gasteiger partial charge in [-0.1, -0.05) is 39.7 Å². The summed E-state index contributed by atoms with van der Waals surface area (Å²) in [6.45, 7) is 2.08. The fourth-order valence-electron chi connectivity index (χ4n) is 3.19. The standard InChI is InChI=1S/C22H27BrClN3O4S/c1-16(22(29)25-2)26(15-17-6-8-18(23)9-7-17)21(28)5-4-14-27(32(3,30)31)20-12-10-19(24)11-13-20/h6-13,16H,4-5,14-15H2,1-3H3,(H,25,29)/t16-/m0/s1. The number of nitrogens with zero attached hydrogens (tertiary/aromatic N) is 2. The molecule has 2 aromatic rings. The topological polar surface area (TPSA) is 86.8 Å². The van der Waals surface area contributed by atoms with Crippen LogP contribution in [-0.4, -0.2) is 51.0 Å². The largest absolute Gasteiger partial charge is 0.357 e. The molecule has 0 aromatic heterocycles. The van der Waals surface area contributed by atoms with Crippen LogP contribution >= 0.6 is 27.5 Å². The van der Waals surface area contributed by atoms with E-state index in [1.54, 1.807) is 31.2 Å². The second kappa shape index (κ2) is 11.7. The van der Waals surface area contributed by atoms with Crippen LogP contribution in [0.5, 0.6) is 0 Å². The van der Waals surface area contributed by atoms with E-state index in [1.165, 1.54) is 16.3 Å². The normalized spacial score (nSPS) is 12.2. The van der Waals surface area contributed by atoms with Gasteiger partial charge in [0, 0.05) is 36.1 Å². The van der Waals surface area contributed by atoms with E-state index in [0.29, 0.717) is 17.1 Å². The van der Waals surface area contributed by atoms with Crippen LogP contribution in [0.25, 0.3) is 0 Å². The Kier molecular flexibility index (Phi) is 9.54. The molecule has 0 aliphatic heterocycles. The van der Waals surface area contributed by atoms with Crippen molar-refractivity contribution in [1.82, 2.24) is 10.2 Å². The van der Waals surface area contributed by atoms with Gasteiger partial charge in [0.2, 0.25) is 21.8 Å². The molecule has 1 N–H and O–H groups in total. The Labute approximate surface area is 202 Å². The smallest absolute Gasteiger partial charge is 0.242 e. The fraction of sp³-hybridized carbons (Fsp3) is 0.364. The molecule has 7 nitrogen and oxygen atoms in total. The Bertz CT molecular complexity index is 1030. The lowest BCUT2D eigenvalue weighted by molar-refractivity contribution is -0.140. The van der Waals surface area contributed by atoms with Crippen LogP contribution in [0.15, 0.2) is 53.0 Å². The van der Waals surface area contributed by atoms with E-state index in [4.69, 9.17) is 11.6 Å². The van der Waals surface area contributed by atoms with Crippen molar-refractivity contribution in [3.63, 3.8) is 0 Å². The van der Waals surface area contributed by atoms with Crippen molar-refractivity contribution < 1.29 is 18.0 Å². The molecule has 2 amide bonds. The number of carbonyl (C=O) groups is 2. The van der Waals surface area contributed by atoms with Gasteiger partial charge in [-0.2, -0.15) is 0 Å². The Hall–Kier alpha value is -2.10. The number of likely N-dealkylation sites (N-methyl/N-ethyl adjacent to an activating group) is 1. The maximum atomic E-state index is 13.0. The summed E-state index contributed by atoms with van der Waals surface area (Å²) in [7, 11) is -2.01. The maximum Gasteiger partial charge on any atom is 0.242 e. The van der Waals surface area contributed by atoms with Crippen LogP contribution in [0.4, 0.5) is 5.69 Å². The third-order valence-electron chi connectivity index (χ3n) is 4.95. The molecule has 0 saturated carbocycles. The number of hydrogen-bond donors (Lipinski definition) is 1. The van der Waals surface area contributed by atoms with E-state index in [2.05, 4.69) is 21.2 Å². The van der Waals surface area contributed by atoms with Crippen molar-refractivity contribution in [2.24, 2.45) is 0 Å². The van der Waals surface area contributed by atoms with Crippen molar-refractivity contribution in [1.29, 1.82) is 0 Å². The average Bonchev–Trinajstić information content (AvgIpc) is 2.75. The summed E-state index contributed by atoms with van der Waals surface area (Å²) in [6, 6.07) is 13.3. The summed E-state index contributed by atoms with van der Waals surface area (Å²) < 4.78 is 26.7. The summed E-state index contributed by atoms with van der Waals surface area (Å²) >= 11 is 9.29. The summed E-state index contributed by atoms with van der Waals surface area (Å²) in [4.78, 5) is 26.8. The molecule has 0 aliphatic rings. The third-order valence-corrected chi connectivity index (χ3v) is 6.92.